The van der Waals surface area contributed by atoms with Gasteiger partial charge in [-0.1, -0.05) is 127 Å². The maximum Gasteiger partial charge on any atom is 0.228 e. The van der Waals surface area contributed by atoms with Crippen molar-refractivity contribution >= 4 is 17.4 Å². The molecule has 4 heteroatoms. The summed E-state index contributed by atoms with van der Waals surface area (Å²) in [4.78, 5) is 29.3. The minimum absolute atomic E-state index is 0.0985. The van der Waals surface area contributed by atoms with Crippen molar-refractivity contribution in [3.8, 4) is 11.1 Å². The average molecular weight is 579 g/mol. The molecule has 0 spiro atoms. The van der Waals surface area contributed by atoms with Gasteiger partial charge in [-0.05, 0) is 58.7 Å². The molecule has 220 valence electrons. The highest BCUT2D eigenvalue weighted by atomic mass is 16.2. The summed E-state index contributed by atoms with van der Waals surface area (Å²) in [7, 11) is 0. The van der Waals surface area contributed by atoms with Crippen LogP contribution in [0.15, 0.2) is 140 Å². The van der Waals surface area contributed by atoms with Crippen molar-refractivity contribution in [2.75, 3.05) is 18.0 Å². The van der Waals surface area contributed by atoms with Crippen LogP contribution in [0.3, 0.4) is 0 Å². The number of nitrogens with zero attached hydrogens (tertiary/aromatic N) is 1. The minimum atomic E-state index is -0.172. The molecule has 0 saturated carbocycles. The minimum Gasteiger partial charge on any atom is -0.372 e. The van der Waals surface area contributed by atoms with E-state index in [1.807, 2.05) is 103 Å². The number of amides is 1. The van der Waals surface area contributed by atoms with E-state index in [0.29, 0.717) is 13.0 Å². The predicted octanol–water partition coefficient (Wildman–Crippen LogP) is 8.10. The second-order valence-electron chi connectivity index (χ2n) is 11.6. The summed E-state index contributed by atoms with van der Waals surface area (Å²) in [6.45, 7) is 2.32. The molecule has 0 aliphatic carbocycles. The molecule has 1 saturated heterocycles. The molecule has 1 amide bonds. The van der Waals surface area contributed by atoms with E-state index in [2.05, 4.69) is 46.6 Å². The zero-order valence-corrected chi connectivity index (χ0v) is 24.9. The summed E-state index contributed by atoms with van der Waals surface area (Å²) in [5.74, 6) is 0.317. The third-order valence-corrected chi connectivity index (χ3v) is 8.74. The van der Waals surface area contributed by atoms with Crippen LogP contribution >= 0.6 is 0 Å². The molecule has 1 aliphatic heterocycles. The lowest BCUT2D eigenvalue weighted by Crippen LogP contribution is -2.40. The van der Waals surface area contributed by atoms with Crippen LogP contribution in [0.25, 0.3) is 11.1 Å². The summed E-state index contributed by atoms with van der Waals surface area (Å²) in [5, 5.41) is 3.20. The zero-order chi connectivity index (χ0) is 30.1. The fourth-order valence-electron chi connectivity index (χ4n) is 6.38. The van der Waals surface area contributed by atoms with Crippen LogP contribution in [-0.2, 0) is 17.8 Å². The van der Waals surface area contributed by atoms with E-state index in [-0.39, 0.29) is 23.5 Å². The fraction of sp³-hybridized carbons (Fsp3) is 0.200. The summed E-state index contributed by atoms with van der Waals surface area (Å²) < 4.78 is 0. The lowest BCUT2D eigenvalue weighted by atomic mass is 9.79. The molecule has 44 heavy (non-hydrogen) atoms. The predicted molar refractivity (Wildman–Crippen MR) is 179 cm³/mol. The molecule has 1 unspecified atom stereocenters. The molecular weight excluding hydrogens is 540 g/mol. The molecule has 6 rings (SSSR count). The third kappa shape index (κ3) is 6.98. The Morgan fingerprint density at radius 3 is 1.93 bits per heavy atom. The van der Waals surface area contributed by atoms with Gasteiger partial charge >= 0.3 is 0 Å². The topological polar surface area (TPSA) is 49.4 Å². The van der Waals surface area contributed by atoms with Crippen LogP contribution in [0.1, 0.15) is 45.8 Å². The Labute approximate surface area is 260 Å². The molecular formula is C40H38N2O2. The molecule has 0 bridgehead atoms. The Kier molecular flexibility index (Phi) is 9.27. The van der Waals surface area contributed by atoms with Crippen molar-refractivity contribution in [2.24, 2.45) is 5.92 Å². The summed E-state index contributed by atoms with van der Waals surface area (Å²) >= 11 is 0. The molecule has 5 aromatic carbocycles. The molecule has 1 heterocycles. The maximum atomic E-state index is 13.5. The number of carbonyl (C=O) groups is 2. The first-order valence-corrected chi connectivity index (χ1v) is 15.5. The quantitative estimate of drug-likeness (QED) is 0.170. The number of rotatable bonds is 10. The van der Waals surface area contributed by atoms with Gasteiger partial charge in [0.1, 0.15) is 0 Å². The first-order valence-electron chi connectivity index (χ1n) is 15.5. The van der Waals surface area contributed by atoms with E-state index in [1.54, 1.807) is 0 Å². The van der Waals surface area contributed by atoms with Crippen molar-refractivity contribution in [2.45, 2.75) is 31.7 Å². The van der Waals surface area contributed by atoms with Crippen LogP contribution in [-0.4, -0.2) is 24.8 Å². The van der Waals surface area contributed by atoms with E-state index in [9.17, 15) is 9.59 Å². The standard InChI is InChI=1S/C40H38N2O2/c43-38(37-19-11-10-18-36(37)32-14-6-2-7-15-32)28-30-20-22-35(23-21-30)42-26-24-34(25-27-42)39(33-16-8-3-9-17-33)40(44)41-29-31-12-4-1-5-13-31/h1-23,34,39H,24-29H2,(H,41,44). The van der Waals surface area contributed by atoms with Gasteiger partial charge < -0.3 is 10.2 Å². The van der Waals surface area contributed by atoms with Gasteiger partial charge in [0.2, 0.25) is 5.91 Å². The number of benzene rings is 5. The summed E-state index contributed by atoms with van der Waals surface area (Å²) in [5.41, 5.74) is 7.14. The van der Waals surface area contributed by atoms with Crippen LogP contribution in [0.4, 0.5) is 5.69 Å². The number of anilines is 1. The molecule has 0 aromatic heterocycles. The van der Waals surface area contributed by atoms with Gasteiger partial charge in [0.15, 0.2) is 5.78 Å². The zero-order valence-electron chi connectivity index (χ0n) is 24.9. The van der Waals surface area contributed by atoms with Crippen LogP contribution in [0.5, 0.6) is 0 Å². The Balaban J connectivity index is 1.09. The Hall–Kier alpha value is -4.96. The van der Waals surface area contributed by atoms with E-state index in [4.69, 9.17) is 0 Å². The lowest BCUT2D eigenvalue weighted by Gasteiger charge is -2.37. The number of nitrogens with one attached hydrogen (secondary N) is 1. The molecule has 0 radical (unpaired) electrons. The Morgan fingerprint density at radius 1 is 0.659 bits per heavy atom. The van der Waals surface area contributed by atoms with Gasteiger partial charge in [-0.25, -0.2) is 0 Å². The number of piperidine rings is 1. The highest BCUT2D eigenvalue weighted by Crippen LogP contribution is 2.35. The maximum absolute atomic E-state index is 13.5. The van der Waals surface area contributed by atoms with Crippen molar-refractivity contribution in [3.63, 3.8) is 0 Å². The first-order chi connectivity index (χ1) is 21.7. The number of carbonyl (C=O) groups excluding carboxylic acids is 2. The highest BCUT2D eigenvalue weighted by Gasteiger charge is 2.32. The average Bonchev–Trinajstić information content (AvgIpc) is 3.09. The number of ketones is 1. The van der Waals surface area contributed by atoms with Gasteiger partial charge in [-0.15, -0.1) is 0 Å². The largest absolute Gasteiger partial charge is 0.372 e. The Morgan fingerprint density at radius 2 is 1.25 bits per heavy atom. The first kappa shape index (κ1) is 29.1. The number of hydrogen-bond donors (Lipinski definition) is 1. The van der Waals surface area contributed by atoms with E-state index in [0.717, 1.165) is 65.0 Å². The lowest BCUT2D eigenvalue weighted by molar-refractivity contribution is -0.124. The van der Waals surface area contributed by atoms with Crippen LogP contribution < -0.4 is 10.2 Å². The van der Waals surface area contributed by atoms with Crippen LogP contribution in [0, 0.1) is 5.92 Å². The number of Topliss-reactive ketones (excluding diaryl/α,β-unsaturated/α-hetero) is 1. The molecule has 4 nitrogen and oxygen atoms in total. The van der Waals surface area contributed by atoms with Crippen LogP contribution in [0.2, 0.25) is 0 Å². The van der Waals surface area contributed by atoms with Gasteiger partial charge in [0.05, 0.1) is 5.92 Å². The molecule has 1 N–H and O–H groups in total. The second-order valence-corrected chi connectivity index (χ2v) is 11.6. The van der Waals surface area contributed by atoms with Crippen molar-refractivity contribution < 1.29 is 9.59 Å². The summed E-state index contributed by atoms with van der Waals surface area (Å²) in [6.07, 6.45) is 2.24. The molecule has 1 aliphatic rings. The molecule has 5 aromatic rings. The van der Waals surface area contributed by atoms with E-state index in [1.165, 1.54) is 0 Å². The van der Waals surface area contributed by atoms with E-state index >= 15 is 0 Å². The van der Waals surface area contributed by atoms with Gasteiger partial charge in [0.25, 0.3) is 0 Å². The van der Waals surface area contributed by atoms with Gasteiger partial charge in [-0.3, -0.25) is 9.59 Å². The van der Waals surface area contributed by atoms with E-state index < -0.39 is 0 Å². The monoisotopic (exact) mass is 578 g/mol. The number of hydrogen-bond acceptors (Lipinski definition) is 3. The fourth-order valence-corrected chi connectivity index (χ4v) is 6.38. The van der Waals surface area contributed by atoms with Crippen molar-refractivity contribution in [1.82, 2.24) is 5.32 Å². The van der Waals surface area contributed by atoms with Crippen molar-refractivity contribution in [3.05, 3.63) is 162 Å². The van der Waals surface area contributed by atoms with Crippen molar-refractivity contribution in [1.29, 1.82) is 0 Å². The van der Waals surface area contributed by atoms with Gasteiger partial charge in [-0.2, -0.15) is 0 Å². The summed E-state index contributed by atoms with van der Waals surface area (Å²) in [6, 6.07) is 46.6. The Bertz CT molecular complexity index is 1660. The third-order valence-electron chi connectivity index (χ3n) is 8.74. The highest BCUT2D eigenvalue weighted by molar-refractivity contribution is 6.03. The SMILES string of the molecule is O=C(Cc1ccc(N2CCC(C(C(=O)NCc3ccccc3)c3ccccc3)CC2)cc1)c1ccccc1-c1ccccc1. The smallest absolute Gasteiger partial charge is 0.228 e. The second kappa shape index (κ2) is 14.0. The molecule has 1 atom stereocenters. The molecule has 1 fully saturated rings. The normalized spacial score (nSPS) is 14.1. The van der Waals surface area contributed by atoms with Gasteiger partial charge in [0, 0.05) is 37.3 Å².